The summed E-state index contributed by atoms with van der Waals surface area (Å²) in [5.74, 6) is 0.678. The number of hydrogen-bond acceptors (Lipinski definition) is 3. The van der Waals surface area contributed by atoms with Gasteiger partial charge in [-0.05, 0) is 39.2 Å². The molecule has 0 aliphatic rings. The summed E-state index contributed by atoms with van der Waals surface area (Å²) in [5, 5.41) is 10.7. The van der Waals surface area contributed by atoms with E-state index in [1.165, 1.54) is 0 Å². The summed E-state index contributed by atoms with van der Waals surface area (Å²) in [4.78, 5) is 4.25. The molecule has 2 aromatic heterocycles. The third-order valence-electron chi connectivity index (χ3n) is 3.03. The van der Waals surface area contributed by atoms with Gasteiger partial charge in [0.2, 0.25) is 0 Å². The number of nitrogens with zero attached hydrogens (tertiary/aromatic N) is 2. The molecule has 1 aromatic carbocycles. The summed E-state index contributed by atoms with van der Waals surface area (Å²) in [5.41, 5.74) is 3.27. The zero-order chi connectivity index (χ0) is 14.7. The van der Waals surface area contributed by atoms with E-state index in [1.54, 1.807) is 12.4 Å². The van der Waals surface area contributed by atoms with Gasteiger partial charge >= 0.3 is 0 Å². The molecule has 0 spiro atoms. The lowest BCUT2D eigenvalue weighted by Gasteiger charge is -2.08. The Labute approximate surface area is 135 Å². The van der Waals surface area contributed by atoms with Gasteiger partial charge in [0.15, 0.2) is 0 Å². The molecule has 21 heavy (non-hydrogen) atoms. The molecular formula is C15H12BrClN4. The fourth-order valence-corrected chi connectivity index (χ4v) is 2.65. The first-order chi connectivity index (χ1) is 10.2. The van der Waals surface area contributed by atoms with Crippen LogP contribution in [0.2, 0.25) is 5.02 Å². The molecule has 0 radical (unpaired) electrons. The molecule has 0 unspecified atom stereocenters. The van der Waals surface area contributed by atoms with Crippen molar-refractivity contribution in [1.82, 2.24) is 15.2 Å². The minimum atomic E-state index is 0.596. The monoisotopic (exact) mass is 362 g/mol. The summed E-state index contributed by atoms with van der Waals surface area (Å²) >= 11 is 9.46. The quantitative estimate of drug-likeness (QED) is 0.717. The Kier molecular flexibility index (Phi) is 4.22. The molecule has 0 saturated heterocycles. The van der Waals surface area contributed by atoms with E-state index >= 15 is 0 Å². The normalized spacial score (nSPS) is 10.6. The third-order valence-corrected chi connectivity index (χ3v) is 3.76. The number of H-pyrrole nitrogens is 1. The average Bonchev–Trinajstić information content (AvgIpc) is 3.01. The van der Waals surface area contributed by atoms with Crippen molar-refractivity contribution < 1.29 is 0 Å². The van der Waals surface area contributed by atoms with Gasteiger partial charge in [-0.3, -0.25) is 5.10 Å². The maximum absolute atomic E-state index is 6.12. The van der Waals surface area contributed by atoms with Crippen LogP contribution in [0.15, 0.2) is 53.3 Å². The molecule has 2 N–H and O–H groups in total. The minimum absolute atomic E-state index is 0.596. The highest BCUT2D eigenvalue weighted by Crippen LogP contribution is 2.23. The third kappa shape index (κ3) is 3.43. The van der Waals surface area contributed by atoms with Gasteiger partial charge in [-0.25, -0.2) is 4.98 Å². The summed E-state index contributed by atoms with van der Waals surface area (Å²) in [6, 6.07) is 12.0. The molecule has 4 nitrogen and oxygen atoms in total. The van der Waals surface area contributed by atoms with Crippen LogP contribution < -0.4 is 5.32 Å². The Hall–Kier alpha value is -1.85. The number of hydrogen-bond donors (Lipinski definition) is 2. The van der Waals surface area contributed by atoms with Gasteiger partial charge in [0.1, 0.15) is 5.82 Å². The van der Waals surface area contributed by atoms with E-state index in [0.29, 0.717) is 17.4 Å². The molecule has 0 fully saturated rings. The highest BCUT2D eigenvalue weighted by Gasteiger charge is 2.03. The lowest BCUT2D eigenvalue weighted by Crippen LogP contribution is -2.01. The summed E-state index contributed by atoms with van der Waals surface area (Å²) in [6.07, 6.45) is 3.46. The van der Waals surface area contributed by atoms with Crippen LogP contribution in [0.5, 0.6) is 0 Å². The van der Waals surface area contributed by atoms with Gasteiger partial charge in [-0.15, -0.1) is 0 Å². The highest BCUT2D eigenvalue weighted by atomic mass is 79.9. The second-order valence-corrected chi connectivity index (χ2v) is 5.83. The molecular weight excluding hydrogens is 352 g/mol. The molecule has 0 saturated carbocycles. The molecule has 0 aliphatic carbocycles. The van der Waals surface area contributed by atoms with E-state index in [4.69, 9.17) is 11.6 Å². The van der Waals surface area contributed by atoms with Crippen LogP contribution in [0.3, 0.4) is 0 Å². The lowest BCUT2D eigenvalue weighted by atomic mass is 10.1. The predicted molar refractivity (Wildman–Crippen MR) is 88.3 cm³/mol. The van der Waals surface area contributed by atoms with Gasteiger partial charge in [0, 0.05) is 23.4 Å². The van der Waals surface area contributed by atoms with Crippen molar-refractivity contribution in [2.45, 2.75) is 6.54 Å². The van der Waals surface area contributed by atoms with Crippen LogP contribution in [0, 0.1) is 0 Å². The van der Waals surface area contributed by atoms with Crippen molar-refractivity contribution in [2.24, 2.45) is 0 Å². The van der Waals surface area contributed by atoms with E-state index in [0.717, 1.165) is 21.3 Å². The van der Waals surface area contributed by atoms with E-state index < -0.39 is 0 Å². The second kappa shape index (κ2) is 6.28. The Balaban J connectivity index is 1.68. The number of benzene rings is 1. The van der Waals surface area contributed by atoms with Crippen LogP contribution in [-0.2, 0) is 6.54 Å². The SMILES string of the molecule is Clc1cc(Br)cnc1NCc1ccc(-c2ccn[nH]2)cc1. The molecule has 3 rings (SSSR count). The maximum Gasteiger partial charge on any atom is 0.145 e. The zero-order valence-electron chi connectivity index (χ0n) is 11.0. The van der Waals surface area contributed by atoms with Gasteiger partial charge in [-0.2, -0.15) is 5.10 Å². The Bertz CT molecular complexity index is 726. The number of anilines is 1. The summed E-state index contributed by atoms with van der Waals surface area (Å²) in [6.45, 7) is 0.664. The number of pyridine rings is 1. The maximum atomic E-state index is 6.12. The van der Waals surface area contributed by atoms with Gasteiger partial charge in [0.05, 0.1) is 10.7 Å². The van der Waals surface area contributed by atoms with Crippen LogP contribution in [0.25, 0.3) is 11.3 Å². The van der Waals surface area contributed by atoms with Crippen molar-refractivity contribution in [3.8, 4) is 11.3 Å². The first kappa shape index (κ1) is 14.1. The molecule has 2 heterocycles. The zero-order valence-corrected chi connectivity index (χ0v) is 13.3. The molecule has 0 amide bonds. The van der Waals surface area contributed by atoms with Crippen molar-refractivity contribution in [3.05, 3.63) is 63.9 Å². The van der Waals surface area contributed by atoms with Crippen molar-refractivity contribution >= 4 is 33.3 Å². The fourth-order valence-electron chi connectivity index (χ4n) is 1.95. The van der Waals surface area contributed by atoms with Gasteiger partial charge in [0.25, 0.3) is 0 Å². The molecule has 0 bridgehead atoms. The van der Waals surface area contributed by atoms with Crippen LogP contribution >= 0.6 is 27.5 Å². The van der Waals surface area contributed by atoms with Crippen LogP contribution in [0.4, 0.5) is 5.82 Å². The first-order valence-corrected chi connectivity index (χ1v) is 7.53. The molecule has 0 aliphatic heterocycles. The van der Waals surface area contributed by atoms with Crippen LogP contribution in [-0.4, -0.2) is 15.2 Å². The largest absolute Gasteiger partial charge is 0.365 e. The van der Waals surface area contributed by atoms with E-state index in [2.05, 4.69) is 60.7 Å². The van der Waals surface area contributed by atoms with E-state index in [1.807, 2.05) is 12.1 Å². The second-order valence-electron chi connectivity index (χ2n) is 4.50. The lowest BCUT2D eigenvalue weighted by molar-refractivity contribution is 1.09. The van der Waals surface area contributed by atoms with Crippen molar-refractivity contribution in [2.75, 3.05) is 5.32 Å². The Morgan fingerprint density at radius 2 is 2.00 bits per heavy atom. The molecule has 3 aromatic rings. The van der Waals surface area contributed by atoms with E-state index in [-0.39, 0.29) is 0 Å². The molecule has 106 valence electrons. The van der Waals surface area contributed by atoms with Crippen LogP contribution in [0.1, 0.15) is 5.56 Å². The number of nitrogens with one attached hydrogen (secondary N) is 2. The standard InChI is InChI=1S/C15H12BrClN4/c16-12-7-13(17)15(19-9-12)18-8-10-1-3-11(4-2-10)14-5-6-20-21-14/h1-7,9H,8H2,(H,18,19)(H,20,21). The number of aromatic amines is 1. The summed E-state index contributed by atoms with van der Waals surface area (Å²) < 4.78 is 0.863. The van der Waals surface area contributed by atoms with Crippen molar-refractivity contribution in [1.29, 1.82) is 0 Å². The fraction of sp³-hybridized carbons (Fsp3) is 0.0667. The van der Waals surface area contributed by atoms with Crippen molar-refractivity contribution in [3.63, 3.8) is 0 Å². The number of halogens is 2. The predicted octanol–water partition coefficient (Wildman–Crippen LogP) is 4.50. The number of aromatic nitrogens is 3. The average molecular weight is 364 g/mol. The summed E-state index contributed by atoms with van der Waals surface area (Å²) in [7, 11) is 0. The first-order valence-electron chi connectivity index (χ1n) is 6.36. The smallest absolute Gasteiger partial charge is 0.145 e. The Morgan fingerprint density at radius 3 is 2.67 bits per heavy atom. The van der Waals surface area contributed by atoms with Gasteiger partial charge in [-0.1, -0.05) is 35.9 Å². The molecule has 0 atom stereocenters. The Morgan fingerprint density at radius 1 is 1.19 bits per heavy atom. The highest BCUT2D eigenvalue weighted by molar-refractivity contribution is 9.10. The van der Waals surface area contributed by atoms with Gasteiger partial charge < -0.3 is 5.32 Å². The van der Waals surface area contributed by atoms with E-state index in [9.17, 15) is 0 Å². The topological polar surface area (TPSA) is 53.6 Å². The number of rotatable bonds is 4. The minimum Gasteiger partial charge on any atom is -0.365 e. The molecule has 6 heteroatoms.